The van der Waals surface area contributed by atoms with Crippen LogP contribution >= 0.6 is 0 Å². The van der Waals surface area contributed by atoms with Crippen LogP contribution in [0.2, 0.25) is 0 Å². The molecule has 86 valence electrons. The van der Waals surface area contributed by atoms with Crippen molar-refractivity contribution in [3.05, 3.63) is 18.2 Å². The average molecular weight is 211 g/mol. The van der Waals surface area contributed by atoms with Crippen molar-refractivity contribution in [3.8, 4) is 0 Å². The summed E-state index contributed by atoms with van der Waals surface area (Å²) in [6, 6.07) is 0. The molecule has 0 aromatic carbocycles. The van der Waals surface area contributed by atoms with Crippen LogP contribution < -0.4 is 5.73 Å². The molecule has 0 spiro atoms. The summed E-state index contributed by atoms with van der Waals surface area (Å²) in [5, 5.41) is 10.2. The molecule has 0 saturated heterocycles. The minimum atomic E-state index is -0.559. The second kappa shape index (κ2) is 4.77. The molecule has 0 aliphatic heterocycles. The number of aliphatic hydroxyl groups is 1. The maximum absolute atomic E-state index is 10.2. The van der Waals surface area contributed by atoms with E-state index in [1.807, 2.05) is 18.4 Å². The molecule has 0 amide bonds. The minimum Gasteiger partial charge on any atom is -0.386 e. The van der Waals surface area contributed by atoms with Gasteiger partial charge in [-0.3, -0.25) is 0 Å². The Morgan fingerprint density at radius 1 is 1.60 bits per heavy atom. The average Bonchev–Trinajstić information content (AvgIpc) is 2.65. The smallest absolute Gasteiger partial charge is 0.102 e. The van der Waals surface area contributed by atoms with Crippen LogP contribution in [0.3, 0.4) is 0 Å². The van der Waals surface area contributed by atoms with E-state index in [1.54, 1.807) is 12.5 Å². The van der Waals surface area contributed by atoms with Gasteiger partial charge in [-0.1, -0.05) is 20.8 Å². The number of nitrogens with two attached hydrogens (primary N) is 1. The first-order chi connectivity index (χ1) is 7.03. The maximum Gasteiger partial charge on any atom is 0.102 e. The van der Waals surface area contributed by atoms with Crippen LogP contribution in [0.25, 0.3) is 0 Å². The van der Waals surface area contributed by atoms with Gasteiger partial charge in [0.05, 0.1) is 18.2 Å². The minimum absolute atomic E-state index is 0.314. The Morgan fingerprint density at radius 3 is 2.80 bits per heavy atom. The van der Waals surface area contributed by atoms with E-state index in [0.717, 1.165) is 18.7 Å². The third kappa shape index (κ3) is 2.58. The first-order valence-corrected chi connectivity index (χ1v) is 5.41. The van der Waals surface area contributed by atoms with Gasteiger partial charge in [0.1, 0.15) is 6.10 Å². The fourth-order valence-corrected chi connectivity index (χ4v) is 1.50. The van der Waals surface area contributed by atoms with Crippen molar-refractivity contribution >= 4 is 0 Å². The summed E-state index contributed by atoms with van der Waals surface area (Å²) in [4.78, 5) is 4.07. The second-order valence-corrected chi connectivity index (χ2v) is 4.61. The van der Waals surface area contributed by atoms with Crippen molar-refractivity contribution in [1.29, 1.82) is 0 Å². The lowest BCUT2D eigenvalue weighted by Crippen LogP contribution is -2.32. The number of aliphatic hydroxyl groups excluding tert-OH is 1. The predicted molar refractivity (Wildman–Crippen MR) is 60.3 cm³/mol. The number of imidazole rings is 1. The highest BCUT2D eigenvalue weighted by Gasteiger charge is 2.29. The number of hydrogen-bond acceptors (Lipinski definition) is 3. The fraction of sp³-hybridized carbons (Fsp3) is 0.727. The molecule has 1 atom stereocenters. The molecule has 15 heavy (non-hydrogen) atoms. The molecule has 1 heterocycles. The number of aryl methyl sites for hydroxylation is 1. The van der Waals surface area contributed by atoms with E-state index in [4.69, 9.17) is 5.73 Å². The van der Waals surface area contributed by atoms with Gasteiger partial charge in [-0.15, -0.1) is 0 Å². The van der Waals surface area contributed by atoms with Crippen molar-refractivity contribution in [3.63, 3.8) is 0 Å². The summed E-state index contributed by atoms with van der Waals surface area (Å²) < 4.78 is 1.99. The normalized spacial score (nSPS) is 14.2. The van der Waals surface area contributed by atoms with Gasteiger partial charge in [0, 0.05) is 18.5 Å². The summed E-state index contributed by atoms with van der Waals surface area (Å²) in [6.07, 6.45) is 3.95. The molecule has 0 aliphatic carbocycles. The van der Waals surface area contributed by atoms with Crippen LogP contribution in [0, 0.1) is 5.41 Å². The molecule has 4 heteroatoms. The Bertz CT molecular complexity index is 307. The van der Waals surface area contributed by atoms with E-state index in [1.165, 1.54) is 0 Å². The van der Waals surface area contributed by atoms with Crippen LogP contribution in [0.4, 0.5) is 0 Å². The van der Waals surface area contributed by atoms with Crippen LogP contribution in [0.15, 0.2) is 12.5 Å². The highest BCUT2D eigenvalue weighted by Crippen LogP contribution is 2.31. The fourth-order valence-electron chi connectivity index (χ4n) is 1.50. The Hall–Kier alpha value is -0.870. The predicted octanol–water partition coefficient (Wildman–Crippen LogP) is 1.31. The van der Waals surface area contributed by atoms with Crippen molar-refractivity contribution in [1.82, 2.24) is 9.55 Å². The Kier molecular flexibility index (Phi) is 3.88. The van der Waals surface area contributed by atoms with Crippen LogP contribution in [-0.4, -0.2) is 21.2 Å². The molecule has 0 aliphatic rings. The second-order valence-electron chi connectivity index (χ2n) is 4.61. The van der Waals surface area contributed by atoms with Crippen molar-refractivity contribution < 1.29 is 5.11 Å². The molecule has 1 unspecified atom stereocenters. The Balaban J connectivity index is 2.90. The van der Waals surface area contributed by atoms with Crippen molar-refractivity contribution in [2.45, 2.75) is 39.8 Å². The van der Waals surface area contributed by atoms with Crippen LogP contribution in [0.5, 0.6) is 0 Å². The lowest BCUT2D eigenvalue weighted by atomic mass is 9.85. The van der Waals surface area contributed by atoms with E-state index < -0.39 is 6.10 Å². The standard InChI is InChI=1S/C11H21N3O/c1-4-5-14-8-13-6-9(14)10(15)11(2,3)7-12/h6,8,10,15H,4-5,7,12H2,1-3H3. The molecular formula is C11H21N3O. The topological polar surface area (TPSA) is 64.1 Å². The van der Waals surface area contributed by atoms with Gasteiger partial charge >= 0.3 is 0 Å². The molecule has 1 aromatic rings. The van der Waals surface area contributed by atoms with E-state index in [-0.39, 0.29) is 5.41 Å². The number of hydrogen-bond donors (Lipinski definition) is 2. The first-order valence-electron chi connectivity index (χ1n) is 5.41. The third-order valence-corrected chi connectivity index (χ3v) is 2.76. The van der Waals surface area contributed by atoms with E-state index in [2.05, 4.69) is 11.9 Å². The number of rotatable bonds is 5. The molecule has 1 aromatic heterocycles. The zero-order chi connectivity index (χ0) is 11.5. The molecule has 1 rings (SSSR count). The number of aromatic nitrogens is 2. The molecule has 0 bridgehead atoms. The SMILES string of the molecule is CCCn1cncc1C(O)C(C)(C)CN. The molecule has 3 N–H and O–H groups in total. The van der Waals surface area contributed by atoms with Crippen molar-refractivity contribution in [2.75, 3.05) is 6.54 Å². The highest BCUT2D eigenvalue weighted by atomic mass is 16.3. The number of nitrogens with zero attached hydrogens (tertiary/aromatic N) is 2. The summed E-state index contributed by atoms with van der Waals surface area (Å²) in [6.45, 7) is 7.35. The van der Waals surface area contributed by atoms with E-state index in [9.17, 15) is 5.11 Å². The summed E-state index contributed by atoms with van der Waals surface area (Å²) >= 11 is 0. The van der Waals surface area contributed by atoms with Gasteiger partial charge in [-0.25, -0.2) is 4.98 Å². The van der Waals surface area contributed by atoms with Gasteiger partial charge in [0.2, 0.25) is 0 Å². The largest absolute Gasteiger partial charge is 0.386 e. The van der Waals surface area contributed by atoms with Gasteiger partial charge < -0.3 is 15.4 Å². The summed E-state index contributed by atoms with van der Waals surface area (Å²) in [5.41, 5.74) is 6.19. The highest BCUT2D eigenvalue weighted by molar-refractivity contribution is 5.06. The third-order valence-electron chi connectivity index (χ3n) is 2.76. The molecule has 0 radical (unpaired) electrons. The van der Waals surface area contributed by atoms with E-state index in [0.29, 0.717) is 6.54 Å². The zero-order valence-electron chi connectivity index (χ0n) is 9.77. The maximum atomic E-state index is 10.2. The lowest BCUT2D eigenvalue weighted by Gasteiger charge is -2.29. The summed E-state index contributed by atoms with van der Waals surface area (Å²) in [5.74, 6) is 0. The van der Waals surface area contributed by atoms with Gasteiger partial charge in [-0.05, 0) is 6.42 Å². The van der Waals surface area contributed by atoms with Crippen LogP contribution in [-0.2, 0) is 6.54 Å². The van der Waals surface area contributed by atoms with Crippen LogP contribution in [0.1, 0.15) is 39.0 Å². The van der Waals surface area contributed by atoms with E-state index >= 15 is 0 Å². The summed E-state index contributed by atoms with van der Waals surface area (Å²) in [7, 11) is 0. The van der Waals surface area contributed by atoms with Gasteiger partial charge in [-0.2, -0.15) is 0 Å². The van der Waals surface area contributed by atoms with Gasteiger partial charge in [0.25, 0.3) is 0 Å². The lowest BCUT2D eigenvalue weighted by molar-refractivity contribution is 0.0487. The molecular weight excluding hydrogens is 190 g/mol. The monoisotopic (exact) mass is 211 g/mol. The van der Waals surface area contributed by atoms with Crippen molar-refractivity contribution in [2.24, 2.45) is 11.1 Å². The Morgan fingerprint density at radius 2 is 2.27 bits per heavy atom. The molecule has 0 saturated carbocycles. The molecule has 0 fully saturated rings. The Labute approximate surface area is 91.1 Å². The zero-order valence-corrected chi connectivity index (χ0v) is 9.77. The molecule has 4 nitrogen and oxygen atoms in total. The quantitative estimate of drug-likeness (QED) is 0.772. The van der Waals surface area contributed by atoms with Gasteiger partial charge in [0.15, 0.2) is 0 Å². The first kappa shape index (κ1) is 12.2.